The van der Waals surface area contributed by atoms with E-state index in [1.54, 1.807) is 6.92 Å². The number of amides is 1. The highest BCUT2D eigenvalue weighted by atomic mass is 32.2. The molecule has 1 aliphatic heterocycles. The van der Waals surface area contributed by atoms with E-state index in [1.165, 1.54) is 46.8 Å². The van der Waals surface area contributed by atoms with E-state index >= 15 is 0 Å². The highest BCUT2D eigenvalue weighted by molar-refractivity contribution is 7.89. The van der Waals surface area contributed by atoms with Crippen molar-refractivity contribution in [2.75, 3.05) is 44.8 Å². The van der Waals surface area contributed by atoms with Gasteiger partial charge in [0, 0.05) is 13.1 Å². The zero-order chi connectivity index (χ0) is 24.7. The van der Waals surface area contributed by atoms with Crippen LogP contribution in [0.15, 0.2) is 47.4 Å². The van der Waals surface area contributed by atoms with Crippen LogP contribution in [-0.2, 0) is 24.3 Å². The Kier molecular flexibility index (Phi) is 8.15. The molecule has 0 saturated carbocycles. The Morgan fingerprint density at radius 1 is 1.15 bits per heavy atom. The van der Waals surface area contributed by atoms with E-state index in [0.717, 1.165) is 0 Å². The van der Waals surface area contributed by atoms with Gasteiger partial charge in [0.15, 0.2) is 6.61 Å². The van der Waals surface area contributed by atoms with Crippen molar-refractivity contribution in [2.45, 2.75) is 11.8 Å². The summed E-state index contributed by atoms with van der Waals surface area (Å²) in [7, 11) is -3.71. The number of nitrogens with one attached hydrogen (secondary N) is 1. The lowest BCUT2D eigenvalue weighted by Crippen LogP contribution is -2.40. The van der Waals surface area contributed by atoms with Crippen molar-refractivity contribution < 1.29 is 37.1 Å². The molecular weight excluding hydrogens is 470 g/mol. The molecular formula is C21H23N3O9S. The molecule has 2 aromatic carbocycles. The van der Waals surface area contributed by atoms with Crippen molar-refractivity contribution in [2.24, 2.45) is 0 Å². The molecule has 1 fully saturated rings. The molecule has 13 heteroatoms. The molecule has 2 aromatic rings. The molecule has 1 saturated heterocycles. The first-order valence-electron chi connectivity index (χ1n) is 10.3. The van der Waals surface area contributed by atoms with Gasteiger partial charge in [-0.25, -0.2) is 13.2 Å². The van der Waals surface area contributed by atoms with Gasteiger partial charge < -0.3 is 19.5 Å². The van der Waals surface area contributed by atoms with Gasteiger partial charge in [0.2, 0.25) is 10.0 Å². The fourth-order valence-electron chi connectivity index (χ4n) is 3.12. The van der Waals surface area contributed by atoms with Crippen molar-refractivity contribution in [3.8, 4) is 5.75 Å². The number of ether oxygens (including phenoxy) is 3. The molecule has 0 atom stereocenters. The molecule has 1 amide bonds. The first-order chi connectivity index (χ1) is 16.2. The Morgan fingerprint density at radius 2 is 1.82 bits per heavy atom. The Bertz CT molecular complexity index is 1160. The molecule has 0 aliphatic carbocycles. The van der Waals surface area contributed by atoms with Crippen LogP contribution in [0.2, 0.25) is 0 Å². The van der Waals surface area contributed by atoms with E-state index in [1.807, 2.05) is 0 Å². The van der Waals surface area contributed by atoms with E-state index in [4.69, 9.17) is 14.2 Å². The molecule has 1 heterocycles. The van der Waals surface area contributed by atoms with E-state index < -0.39 is 33.4 Å². The normalized spacial score (nSPS) is 14.3. The molecule has 0 bridgehead atoms. The van der Waals surface area contributed by atoms with Crippen LogP contribution in [0.25, 0.3) is 0 Å². The average molecular weight is 493 g/mol. The number of anilines is 1. The van der Waals surface area contributed by atoms with E-state index in [0.29, 0.717) is 19.8 Å². The lowest BCUT2D eigenvalue weighted by molar-refractivity contribution is -0.384. The van der Waals surface area contributed by atoms with Crippen molar-refractivity contribution in [3.63, 3.8) is 0 Å². The summed E-state index contributed by atoms with van der Waals surface area (Å²) in [5.41, 5.74) is -0.407. The van der Waals surface area contributed by atoms with Crippen LogP contribution in [0.3, 0.4) is 0 Å². The molecule has 0 radical (unpaired) electrons. The number of hydrogen-bond acceptors (Lipinski definition) is 9. The highest BCUT2D eigenvalue weighted by Gasteiger charge is 2.26. The second kappa shape index (κ2) is 11.0. The first-order valence-corrected chi connectivity index (χ1v) is 11.7. The molecule has 0 aromatic heterocycles. The minimum Gasteiger partial charge on any atom is -0.494 e. The van der Waals surface area contributed by atoms with E-state index in [9.17, 15) is 28.1 Å². The first kappa shape index (κ1) is 25.1. The van der Waals surface area contributed by atoms with Crippen LogP contribution < -0.4 is 10.1 Å². The molecule has 182 valence electrons. The number of benzene rings is 2. The number of carbonyl (C=O) groups is 2. The lowest BCUT2D eigenvalue weighted by Gasteiger charge is -2.26. The lowest BCUT2D eigenvalue weighted by atomic mass is 10.2. The smallest absolute Gasteiger partial charge is 0.338 e. The van der Waals surface area contributed by atoms with Gasteiger partial charge in [-0.15, -0.1) is 0 Å². The van der Waals surface area contributed by atoms with E-state index in [-0.39, 0.29) is 40.7 Å². The Hall–Kier alpha value is -3.55. The quantitative estimate of drug-likeness (QED) is 0.313. The third kappa shape index (κ3) is 6.07. The third-order valence-electron chi connectivity index (χ3n) is 4.78. The van der Waals surface area contributed by atoms with Gasteiger partial charge in [0.05, 0.1) is 41.3 Å². The van der Waals surface area contributed by atoms with Gasteiger partial charge in [-0.05, 0) is 43.3 Å². The van der Waals surface area contributed by atoms with Crippen LogP contribution in [0.5, 0.6) is 5.75 Å². The van der Waals surface area contributed by atoms with Gasteiger partial charge >= 0.3 is 5.97 Å². The zero-order valence-corrected chi connectivity index (χ0v) is 19.1. The van der Waals surface area contributed by atoms with Crippen molar-refractivity contribution in [1.82, 2.24) is 4.31 Å². The number of morpholine rings is 1. The molecule has 12 nitrogen and oxygen atoms in total. The fraction of sp³-hybridized carbons (Fsp3) is 0.333. The summed E-state index contributed by atoms with van der Waals surface area (Å²) >= 11 is 0. The Balaban J connectivity index is 1.59. The predicted molar refractivity (Wildman–Crippen MR) is 119 cm³/mol. The summed E-state index contributed by atoms with van der Waals surface area (Å²) in [5, 5.41) is 13.6. The maximum absolute atomic E-state index is 12.6. The second-order valence-corrected chi connectivity index (χ2v) is 8.97. The average Bonchev–Trinajstić information content (AvgIpc) is 2.84. The minimum absolute atomic E-state index is 0.0199. The monoisotopic (exact) mass is 493 g/mol. The van der Waals surface area contributed by atoms with Crippen LogP contribution in [0.4, 0.5) is 11.4 Å². The minimum atomic E-state index is -3.71. The number of carbonyl (C=O) groups excluding carboxylic acids is 2. The molecule has 1 aliphatic rings. The third-order valence-corrected chi connectivity index (χ3v) is 6.70. The van der Waals surface area contributed by atoms with Crippen LogP contribution in [-0.4, -0.2) is 69.0 Å². The van der Waals surface area contributed by atoms with E-state index in [2.05, 4.69) is 5.32 Å². The number of nitro benzene ring substituents is 1. The predicted octanol–water partition coefficient (Wildman–Crippen LogP) is 1.81. The van der Waals surface area contributed by atoms with Gasteiger partial charge in [-0.3, -0.25) is 14.9 Å². The molecule has 0 spiro atoms. The molecule has 0 unspecified atom stereocenters. The summed E-state index contributed by atoms with van der Waals surface area (Å²) in [6.45, 7) is 2.46. The second-order valence-electron chi connectivity index (χ2n) is 7.03. The Morgan fingerprint density at radius 3 is 2.44 bits per heavy atom. The standard InChI is InChI=1S/C21H23N3O9S/c1-2-32-16-5-8-18(19(13-16)24(27)28)22-20(25)14-33-21(26)15-3-6-17(7-4-15)34(29,30)23-9-11-31-12-10-23/h3-8,13H,2,9-12,14H2,1H3,(H,22,25). The van der Waals surface area contributed by atoms with Gasteiger partial charge in [0.25, 0.3) is 11.6 Å². The topological polar surface area (TPSA) is 154 Å². The molecule has 34 heavy (non-hydrogen) atoms. The van der Waals surface area contributed by atoms with Crippen LogP contribution in [0, 0.1) is 10.1 Å². The van der Waals surface area contributed by atoms with Gasteiger partial charge in [-0.1, -0.05) is 0 Å². The fourth-order valence-corrected chi connectivity index (χ4v) is 4.53. The van der Waals surface area contributed by atoms with Crippen molar-refractivity contribution in [1.29, 1.82) is 0 Å². The largest absolute Gasteiger partial charge is 0.494 e. The van der Waals surface area contributed by atoms with Crippen LogP contribution >= 0.6 is 0 Å². The number of esters is 1. The zero-order valence-electron chi connectivity index (χ0n) is 18.3. The highest BCUT2D eigenvalue weighted by Crippen LogP contribution is 2.29. The number of hydrogen-bond donors (Lipinski definition) is 1. The van der Waals surface area contributed by atoms with Crippen LogP contribution in [0.1, 0.15) is 17.3 Å². The van der Waals surface area contributed by atoms with Crippen molar-refractivity contribution in [3.05, 3.63) is 58.1 Å². The van der Waals surface area contributed by atoms with Gasteiger partial charge in [-0.2, -0.15) is 4.31 Å². The van der Waals surface area contributed by atoms with Crippen molar-refractivity contribution >= 4 is 33.3 Å². The Labute approximate surface area is 195 Å². The number of nitro groups is 1. The maximum atomic E-state index is 12.6. The maximum Gasteiger partial charge on any atom is 0.338 e. The SMILES string of the molecule is CCOc1ccc(NC(=O)COC(=O)c2ccc(S(=O)(=O)N3CCOCC3)cc2)c([N+](=O)[O-])c1. The molecule has 1 N–H and O–H groups in total. The van der Waals surface area contributed by atoms with Gasteiger partial charge in [0.1, 0.15) is 11.4 Å². The summed E-state index contributed by atoms with van der Waals surface area (Å²) in [5.74, 6) is -1.36. The number of nitrogens with zero attached hydrogens (tertiary/aromatic N) is 2. The summed E-state index contributed by atoms with van der Waals surface area (Å²) in [6, 6.07) is 9.09. The number of sulfonamides is 1. The summed E-state index contributed by atoms with van der Waals surface area (Å²) < 4.78 is 41.9. The summed E-state index contributed by atoms with van der Waals surface area (Å²) in [6.07, 6.45) is 0. The summed E-state index contributed by atoms with van der Waals surface area (Å²) in [4.78, 5) is 35.0. The number of rotatable bonds is 9. The molecule has 3 rings (SSSR count).